The van der Waals surface area contributed by atoms with Gasteiger partial charge in [-0.05, 0) is 25.0 Å². The molecule has 0 aliphatic heterocycles. The van der Waals surface area contributed by atoms with Crippen molar-refractivity contribution >= 4 is 10.1 Å². The van der Waals surface area contributed by atoms with Gasteiger partial charge in [-0.1, -0.05) is 38.0 Å². The molecule has 0 fully saturated rings. The van der Waals surface area contributed by atoms with E-state index in [-0.39, 0.29) is 17.4 Å². The Morgan fingerprint density at radius 1 is 1.28 bits per heavy atom. The van der Waals surface area contributed by atoms with Gasteiger partial charge in [0.25, 0.3) is 10.1 Å². The largest absolute Gasteiger partial charge is 0.394 e. The van der Waals surface area contributed by atoms with E-state index in [2.05, 4.69) is 0 Å². The fourth-order valence-corrected chi connectivity index (χ4v) is 2.65. The van der Waals surface area contributed by atoms with Crippen LogP contribution < -0.4 is 0 Å². The molecule has 0 spiro atoms. The van der Waals surface area contributed by atoms with E-state index in [0.717, 1.165) is 12.0 Å². The number of rotatable bonds is 6. The quantitative estimate of drug-likeness (QED) is 0.806. The molecule has 5 heteroatoms. The second-order valence-electron chi connectivity index (χ2n) is 4.47. The van der Waals surface area contributed by atoms with E-state index in [0.29, 0.717) is 0 Å². The average molecular weight is 272 g/mol. The van der Waals surface area contributed by atoms with Crippen molar-refractivity contribution < 1.29 is 17.7 Å². The van der Waals surface area contributed by atoms with E-state index in [1.165, 1.54) is 12.1 Å². The lowest BCUT2D eigenvalue weighted by molar-refractivity contribution is 0.0777. The van der Waals surface area contributed by atoms with Gasteiger partial charge < -0.3 is 5.11 Å². The Morgan fingerprint density at radius 3 is 2.28 bits per heavy atom. The predicted octanol–water partition coefficient (Wildman–Crippen LogP) is 2.11. The molecule has 4 nitrogen and oxygen atoms in total. The minimum Gasteiger partial charge on any atom is -0.394 e. The van der Waals surface area contributed by atoms with Crippen molar-refractivity contribution in [2.45, 2.75) is 38.2 Å². The van der Waals surface area contributed by atoms with Gasteiger partial charge in [0.05, 0.1) is 11.5 Å². The first kappa shape index (κ1) is 15.1. The maximum atomic E-state index is 12.0. The highest BCUT2D eigenvalue weighted by atomic mass is 32.2. The van der Waals surface area contributed by atoms with Crippen molar-refractivity contribution in [2.24, 2.45) is 5.92 Å². The molecule has 102 valence electrons. The van der Waals surface area contributed by atoms with E-state index in [1.807, 2.05) is 20.8 Å². The summed E-state index contributed by atoms with van der Waals surface area (Å²) in [6, 6.07) is 6.45. The molecule has 0 aliphatic carbocycles. The lowest BCUT2D eigenvalue weighted by Crippen LogP contribution is -2.28. The summed E-state index contributed by atoms with van der Waals surface area (Å²) in [7, 11) is -3.80. The van der Waals surface area contributed by atoms with Crippen LogP contribution in [0.2, 0.25) is 0 Å². The molecule has 1 aromatic carbocycles. The van der Waals surface area contributed by atoms with Crippen molar-refractivity contribution in [2.75, 3.05) is 6.61 Å². The summed E-state index contributed by atoms with van der Waals surface area (Å²) in [5.41, 5.74) is 0.981. The molecule has 0 amide bonds. The van der Waals surface area contributed by atoms with Crippen LogP contribution in [0.25, 0.3) is 0 Å². The van der Waals surface area contributed by atoms with Gasteiger partial charge in [0.15, 0.2) is 0 Å². The number of aliphatic hydroxyl groups is 1. The summed E-state index contributed by atoms with van der Waals surface area (Å²) in [6.45, 7) is 5.35. The van der Waals surface area contributed by atoms with Crippen LogP contribution in [0, 0.1) is 12.8 Å². The Balaban J connectivity index is 2.90. The Bertz CT molecular complexity index is 464. The van der Waals surface area contributed by atoms with Crippen molar-refractivity contribution in [3.05, 3.63) is 29.8 Å². The zero-order chi connectivity index (χ0) is 13.8. The number of hydrogen-bond acceptors (Lipinski definition) is 4. The second kappa shape index (κ2) is 6.31. The van der Waals surface area contributed by atoms with Crippen molar-refractivity contribution in [1.82, 2.24) is 0 Å². The van der Waals surface area contributed by atoms with Crippen LogP contribution in [-0.4, -0.2) is 26.2 Å². The van der Waals surface area contributed by atoms with Gasteiger partial charge in [0.2, 0.25) is 0 Å². The van der Waals surface area contributed by atoms with Crippen LogP contribution in [0.5, 0.6) is 0 Å². The Morgan fingerprint density at radius 2 is 1.83 bits per heavy atom. The van der Waals surface area contributed by atoms with Crippen LogP contribution in [0.1, 0.15) is 25.8 Å². The van der Waals surface area contributed by atoms with Crippen LogP contribution in [-0.2, 0) is 14.3 Å². The highest BCUT2D eigenvalue weighted by Gasteiger charge is 2.24. The number of benzene rings is 1. The third-order valence-corrected chi connectivity index (χ3v) is 4.37. The topological polar surface area (TPSA) is 63.6 Å². The minimum absolute atomic E-state index is 0.0183. The van der Waals surface area contributed by atoms with E-state index < -0.39 is 16.2 Å². The molecule has 0 aromatic heterocycles. The molecule has 0 saturated carbocycles. The molecular weight excluding hydrogens is 252 g/mol. The van der Waals surface area contributed by atoms with Crippen molar-refractivity contribution in [3.8, 4) is 0 Å². The van der Waals surface area contributed by atoms with Gasteiger partial charge in [0, 0.05) is 0 Å². The van der Waals surface area contributed by atoms with E-state index in [9.17, 15) is 13.5 Å². The summed E-state index contributed by atoms with van der Waals surface area (Å²) in [4.78, 5) is 0.120. The zero-order valence-corrected chi connectivity index (χ0v) is 11.8. The number of hydrogen-bond donors (Lipinski definition) is 1. The number of aliphatic hydroxyl groups excluding tert-OH is 1. The van der Waals surface area contributed by atoms with Crippen LogP contribution >= 0.6 is 0 Å². The molecule has 1 N–H and O–H groups in total. The van der Waals surface area contributed by atoms with E-state index in [1.54, 1.807) is 12.1 Å². The Hall–Kier alpha value is -0.910. The lowest BCUT2D eigenvalue weighted by atomic mass is 10.0. The lowest BCUT2D eigenvalue weighted by Gasteiger charge is -2.20. The zero-order valence-electron chi connectivity index (χ0n) is 11.0. The Kier molecular flexibility index (Phi) is 5.31. The SMILES string of the molecule is CCC(C)C(CO)OS(=O)(=O)c1ccc(C)cc1. The van der Waals surface area contributed by atoms with Crippen molar-refractivity contribution in [3.63, 3.8) is 0 Å². The molecule has 0 aliphatic rings. The first-order valence-corrected chi connectivity index (χ1v) is 7.42. The molecule has 2 atom stereocenters. The summed E-state index contributed by atoms with van der Waals surface area (Å²) < 4.78 is 29.1. The summed E-state index contributed by atoms with van der Waals surface area (Å²) in [5, 5.41) is 9.19. The molecule has 0 saturated heterocycles. The maximum Gasteiger partial charge on any atom is 0.297 e. The summed E-state index contributed by atoms with van der Waals surface area (Å²) >= 11 is 0. The van der Waals surface area contributed by atoms with Gasteiger partial charge in [-0.25, -0.2) is 0 Å². The molecular formula is C13H20O4S. The fourth-order valence-electron chi connectivity index (χ4n) is 1.49. The minimum atomic E-state index is -3.80. The fraction of sp³-hybridized carbons (Fsp3) is 0.538. The molecule has 1 rings (SSSR count). The molecule has 0 radical (unpaired) electrons. The summed E-state index contributed by atoms with van der Waals surface area (Å²) in [6.07, 6.45) is 0.0514. The molecule has 2 unspecified atom stereocenters. The van der Waals surface area contributed by atoms with E-state index >= 15 is 0 Å². The normalized spacial score (nSPS) is 15.3. The standard InChI is InChI=1S/C13H20O4S/c1-4-11(3)13(9-14)17-18(15,16)12-7-5-10(2)6-8-12/h5-8,11,13-14H,4,9H2,1-3H3. The van der Waals surface area contributed by atoms with Crippen LogP contribution in [0.3, 0.4) is 0 Å². The summed E-state index contributed by atoms with van der Waals surface area (Å²) in [5.74, 6) is -0.0183. The number of aryl methyl sites for hydroxylation is 1. The highest BCUT2D eigenvalue weighted by molar-refractivity contribution is 7.86. The maximum absolute atomic E-state index is 12.0. The third-order valence-electron chi connectivity index (χ3n) is 3.02. The van der Waals surface area contributed by atoms with Crippen molar-refractivity contribution in [1.29, 1.82) is 0 Å². The van der Waals surface area contributed by atoms with Gasteiger partial charge in [-0.2, -0.15) is 8.42 Å². The highest BCUT2D eigenvalue weighted by Crippen LogP contribution is 2.19. The third kappa shape index (κ3) is 3.80. The van der Waals surface area contributed by atoms with E-state index in [4.69, 9.17) is 4.18 Å². The van der Waals surface area contributed by atoms with Crippen LogP contribution in [0.15, 0.2) is 29.2 Å². The van der Waals surface area contributed by atoms with Gasteiger partial charge in [0.1, 0.15) is 6.10 Å². The second-order valence-corrected chi connectivity index (χ2v) is 6.04. The van der Waals surface area contributed by atoms with Gasteiger partial charge >= 0.3 is 0 Å². The molecule has 0 bridgehead atoms. The van der Waals surface area contributed by atoms with Crippen LogP contribution in [0.4, 0.5) is 0 Å². The molecule has 18 heavy (non-hydrogen) atoms. The predicted molar refractivity (Wildman–Crippen MR) is 69.8 cm³/mol. The monoisotopic (exact) mass is 272 g/mol. The van der Waals surface area contributed by atoms with Gasteiger partial charge in [-0.3, -0.25) is 4.18 Å². The Labute approximate surface area is 109 Å². The molecule has 1 aromatic rings. The van der Waals surface area contributed by atoms with Gasteiger partial charge in [-0.15, -0.1) is 0 Å². The average Bonchev–Trinajstić information content (AvgIpc) is 2.35. The first-order valence-electron chi connectivity index (χ1n) is 6.01. The smallest absolute Gasteiger partial charge is 0.297 e. The first-order chi connectivity index (χ1) is 8.40. The molecule has 0 heterocycles.